The van der Waals surface area contributed by atoms with Crippen LogP contribution >= 0.6 is 11.6 Å². The zero-order valence-corrected chi connectivity index (χ0v) is 11.9. The van der Waals surface area contributed by atoms with Crippen LogP contribution in [0.1, 0.15) is 13.3 Å². The van der Waals surface area contributed by atoms with Gasteiger partial charge in [-0.05, 0) is 18.6 Å². The van der Waals surface area contributed by atoms with Gasteiger partial charge in [-0.25, -0.2) is 12.8 Å². The van der Waals surface area contributed by atoms with Crippen molar-refractivity contribution in [2.24, 2.45) is 0 Å². The molecule has 0 unspecified atom stereocenters. The van der Waals surface area contributed by atoms with E-state index in [2.05, 4.69) is 5.92 Å². The highest BCUT2D eigenvalue weighted by molar-refractivity contribution is 7.89. The Balaban J connectivity index is 3.33. The van der Waals surface area contributed by atoms with Crippen LogP contribution in [0.2, 0.25) is 5.02 Å². The summed E-state index contributed by atoms with van der Waals surface area (Å²) in [7, 11) is -3.88. The minimum absolute atomic E-state index is 0.0796. The summed E-state index contributed by atoms with van der Waals surface area (Å²) in [6.45, 7) is 1.99. The molecule has 0 heterocycles. The molecule has 0 fully saturated rings. The van der Waals surface area contributed by atoms with E-state index < -0.39 is 15.8 Å². The highest BCUT2D eigenvalue weighted by atomic mass is 35.5. The van der Waals surface area contributed by atoms with Crippen LogP contribution in [0.15, 0.2) is 17.0 Å². The fourth-order valence-electron chi connectivity index (χ4n) is 1.52. The van der Waals surface area contributed by atoms with Crippen molar-refractivity contribution in [3.05, 3.63) is 23.0 Å². The first-order valence-electron chi connectivity index (χ1n) is 5.52. The number of sulfonamides is 1. The first-order valence-corrected chi connectivity index (χ1v) is 7.34. The first kappa shape index (κ1) is 15.8. The summed E-state index contributed by atoms with van der Waals surface area (Å²) in [5.74, 6) is 1.51. The van der Waals surface area contributed by atoms with Crippen molar-refractivity contribution in [1.29, 1.82) is 0 Å². The van der Waals surface area contributed by atoms with Gasteiger partial charge >= 0.3 is 0 Å². The number of benzene rings is 1. The van der Waals surface area contributed by atoms with Crippen molar-refractivity contribution in [2.75, 3.05) is 18.8 Å². The van der Waals surface area contributed by atoms with Crippen LogP contribution < -0.4 is 5.73 Å². The molecule has 7 heteroatoms. The summed E-state index contributed by atoms with van der Waals surface area (Å²) in [5.41, 5.74) is 5.10. The Morgan fingerprint density at radius 3 is 2.68 bits per heavy atom. The SMILES string of the molecule is C#CCN(CCC)S(=O)(=O)c1cc(N)c(F)cc1Cl. The number of hydrogen-bond acceptors (Lipinski definition) is 3. The third-order valence-electron chi connectivity index (χ3n) is 2.41. The third kappa shape index (κ3) is 3.38. The number of rotatable bonds is 5. The smallest absolute Gasteiger partial charge is 0.245 e. The lowest BCUT2D eigenvalue weighted by Gasteiger charge is -2.20. The summed E-state index contributed by atoms with van der Waals surface area (Å²) in [6.07, 6.45) is 5.75. The Bertz CT molecular complexity index is 611. The van der Waals surface area contributed by atoms with Gasteiger partial charge in [0.2, 0.25) is 10.0 Å². The van der Waals surface area contributed by atoms with E-state index in [9.17, 15) is 12.8 Å². The van der Waals surface area contributed by atoms with Crippen molar-refractivity contribution < 1.29 is 12.8 Å². The van der Waals surface area contributed by atoms with E-state index in [1.807, 2.05) is 6.92 Å². The normalized spacial score (nSPS) is 11.5. The topological polar surface area (TPSA) is 63.4 Å². The molecule has 0 aliphatic rings. The molecule has 0 bridgehead atoms. The molecule has 1 rings (SSSR count). The molecule has 0 amide bonds. The molecule has 4 nitrogen and oxygen atoms in total. The van der Waals surface area contributed by atoms with Gasteiger partial charge in [-0.15, -0.1) is 6.42 Å². The number of nitrogens with two attached hydrogens (primary N) is 1. The minimum atomic E-state index is -3.88. The second-order valence-electron chi connectivity index (χ2n) is 3.85. The van der Waals surface area contributed by atoms with Gasteiger partial charge in [0.1, 0.15) is 10.7 Å². The fourth-order valence-corrected chi connectivity index (χ4v) is 3.49. The number of hydrogen-bond donors (Lipinski definition) is 1. The number of anilines is 1. The molecule has 0 saturated heterocycles. The molecule has 0 aliphatic heterocycles. The van der Waals surface area contributed by atoms with E-state index in [0.29, 0.717) is 6.42 Å². The number of terminal acetylenes is 1. The molecule has 19 heavy (non-hydrogen) atoms. The minimum Gasteiger partial charge on any atom is -0.396 e. The zero-order valence-electron chi connectivity index (χ0n) is 10.4. The largest absolute Gasteiger partial charge is 0.396 e. The van der Waals surface area contributed by atoms with Crippen LogP contribution in [-0.2, 0) is 10.0 Å². The lowest BCUT2D eigenvalue weighted by Crippen LogP contribution is -2.32. The van der Waals surface area contributed by atoms with E-state index in [-0.39, 0.29) is 28.7 Å². The van der Waals surface area contributed by atoms with Gasteiger partial charge in [-0.2, -0.15) is 4.31 Å². The van der Waals surface area contributed by atoms with Crippen LogP contribution in [-0.4, -0.2) is 25.8 Å². The first-order chi connectivity index (χ1) is 8.84. The van der Waals surface area contributed by atoms with Crippen molar-refractivity contribution in [3.63, 3.8) is 0 Å². The maximum atomic E-state index is 13.2. The van der Waals surface area contributed by atoms with Gasteiger partial charge in [0, 0.05) is 6.54 Å². The van der Waals surface area contributed by atoms with Gasteiger partial charge < -0.3 is 5.73 Å². The molecular formula is C12H14ClFN2O2S. The maximum absolute atomic E-state index is 13.2. The summed E-state index contributed by atoms with van der Waals surface area (Å²) in [4.78, 5) is -0.239. The quantitative estimate of drug-likeness (QED) is 0.669. The lowest BCUT2D eigenvalue weighted by molar-refractivity contribution is 0.445. The summed E-state index contributed by atoms with van der Waals surface area (Å²) < 4.78 is 39.0. The average molecular weight is 305 g/mol. The molecule has 0 aliphatic carbocycles. The summed E-state index contributed by atoms with van der Waals surface area (Å²) >= 11 is 5.78. The molecule has 1 aromatic carbocycles. The van der Waals surface area contributed by atoms with E-state index in [4.69, 9.17) is 23.8 Å². The predicted molar refractivity (Wildman–Crippen MR) is 73.7 cm³/mol. The zero-order chi connectivity index (χ0) is 14.6. The van der Waals surface area contributed by atoms with E-state index in [0.717, 1.165) is 16.4 Å². The van der Waals surface area contributed by atoms with Crippen LogP contribution in [0.3, 0.4) is 0 Å². The second-order valence-corrected chi connectivity index (χ2v) is 6.16. The number of nitrogens with zero attached hydrogens (tertiary/aromatic N) is 1. The Morgan fingerprint density at radius 1 is 1.53 bits per heavy atom. The second kappa shape index (κ2) is 6.24. The van der Waals surface area contributed by atoms with Crippen LogP contribution in [0, 0.1) is 18.2 Å². The number of halogens is 2. The van der Waals surface area contributed by atoms with Crippen LogP contribution in [0.5, 0.6) is 0 Å². The van der Waals surface area contributed by atoms with Crippen molar-refractivity contribution in [3.8, 4) is 12.3 Å². The van der Waals surface area contributed by atoms with E-state index >= 15 is 0 Å². The molecule has 0 atom stereocenters. The molecule has 2 N–H and O–H groups in total. The van der Waals surface area contributed by atoms with Crippen LogP contribution in [0.4, 0.5) is 10.1 Å². The highest BCUT2D eigenvalue weighted by Gasteiger charge is 2.26. The average Bonchev–Trinajstić information content (AvgIpc) is 2.33. The third-order valence-corrected chi connectivity index (χ3v) is 4.72. The highest BCUT2D eigenvalue weighted by Crippen LogP contribution is 2.28. The van der Waals surface area contributed by atoms with Crippen molar-refractivity contribution >= 4 is 27.3 Å². The molecule has 104 valence electrons. The van der Waals surface area contributed by atoms with Crippen LogP contribution in [0.25, 0.3) is 0 Å². The fraction of sp³-hybridized carbons (Fsp3) is 0.333. The van der Waals surface area contributed by atoms with Crippen molar-refractivity contribution in [1.82, 2.24) is 4.31 Å². The van der Waals surface area contributed by atoms with Gasteiger partial charge in [-0.3, -0.25) is 0 Å². The Labute approximate surface area is 117 Å². The van der Waals surface area contributed by atoms with Gasteiger partial charge in [0.05, 0.1) is 17.3 Å². The predicted octanol–water partition coefficient (Wildman–Crippen LogP) is 2.10. The molecule has 0 saturated carbocycles. The van der Waals surface area contributed by atoms with E-state index in [1.165, 1.54) is 0 Å². The number of nitrogen functional groups attached to an aromatic ring is 1. The summed E-state index contributed by atoms with van der Waals surface area (Å²) in [6, 6.07) is 1.88. The van der Waals surface area contributed by atoms with Gasteiger partial charge in [0.15, 0.2) is 0 Å². The monoisotopic (exact) mass is 304 g/mol. The Kier molecular flexibility index (Phi) is 5.18. The molecule has 1 aromatic rings. The summed E-state index contributed by atoms with van der Waals surface area (Å²) in [5, 5.41) is -0.218. The molecular weight excluding hydrogens is 291 g/mol. The van der Waals surface area contributed by atoms with Gasteiger partial charge in [-0.1, -0.05) is 24.4 Å². The Hall–Kier alpha value is -1.29. The molecule has 0 spiro atoms. The van der Waals surface area contributed by atoms with E-state index in [1.54, 1.807) is 0 Å². The standard InChI is InChI=1S/C12H14ClFN2O2S/c1-3-5-16(6-4-2)19(17,18)12-8-11(15)10(14)7-9(12)13/h1,7-8H,4-6,15H2,2H3. The van der Waals surface area contributed by atoms with Gasteiger partial charge in [0.25, 0.3) is 0 Å². The van der Waals surface area contributed by atoms with Crippen molar-refractivity contribution in [2.45, 2.75) is 18.2 Å². The molecule has 0 aromatic heterocycles. The molecule has 0 radical (unpaired) electrons. The Morgan fingerprint density at radius 2 is 2.16 bits per heavy atom. The lowest BCUT2D eigenvalue weighted by atomic mass is 10.3. The maximum Gasteiger partial charge on any atom is 0.245 e.